The average Bonchev–Trinajstić information content (AvgIpc) is 2.85. The maximum absolute atomic E-state index is 11.9. The number of hydrogen-bond donors (Lipinski definition) is 3. The Labute approximate surface area is 108 Å². The van der Waals surface area contributed by atoms with Gasteiger partial charge in [-0.2, -0.15) is 0 Å². The number of carbonyl (C=O) groups excluding carboxylic acids is 1. The molecule has 0 aliphatic carbocycles. The molecule has 2 rings (SSSR count). The van der Waals surface area contributed by atoms with Gasteiger partial charge in [0.2, 0.25) is 0 Å². The zero-order valence-corrected chi connectivity index (χ0v) is 10.2. The number of nitrogens with zero attached hydrogens (tertiary/aromatic N) is 4. The maximum atomic E-state index is 11.9. The highest BCUT2D eigenvalue weighted by Gasteiger charge is 2.26. The third-order valence-corrected chi connectivity index (χ3v) is 2.94. The number of carboxylic acid groups (broad SMARTS) is 1. The molecule has 0 unspecified atom stereocenters. The van der Waals surface area contributed by atoms with Gasteiger partial charge in [0.25, 0.3) is 0 Å². The summed E-state index contributed by atoms with van der Waals surface area (Å²) in [5.74, 6) is -0.502. The molecule has 0 bridgehead atoms. The van der Waals surface area contributed by atoms with E-state index in [-0.39, 0.29) is 19.6 Å². The highest BCUT2D eigenvalue weighted by Crippen LogP contribution is 2.09. The molecule has 1 aromatic rings. The second-order valence-corrected chi connectivity index (χ2v) is 4.21. The molecule has 2 heterocycles. The Balaban J connectivity index is 1.95. The third-order valence-electron chi connectivity index (χ3n) is 2.94. The van der Waals surface area contributed by atoms with Gasteiger partial charge in [0, 0.05) is 26.1 Å². The van der Waals surface area contributed by atoms with Crippen LogP contribution in [0.15, 0.2) is 6.33 Å². The summed E-state index contributed by atoms with van der Waals surface area (Å²) in [6.07, 6.45) is 1.57. The van der Waals surface area contributed by atoms with Gasteiger partial charge in [-0.15, -0.1) is 10.2 Å². The minimum absolute atomic E-state index is 0.0227. The van der Waals surface area contributed by atoms with E-state index < -0.39 is 18.0 Å². The lowest BCUT2D eigenvalue weighted by atomic mass is 10.2. The minimum Gasteiger partial charge on any atom is -0.480 e. The van der Waals surface area contributed by atoms with Crippen LogP contribution in [0.2, 0.25) is 0 Å². The normalized spacial score (nSPS) is 15.7. The molecule has 0 spiro atoms. The average molecular weight is 269 g/mol. The van der Waals surface area contributed by atoms with Gasteiger partial charge in [-0.3, -0.25) is 0 Å². The number of aliphatic hydroxyl groups excluding tert-OH is 1. The molecule has 1 aromatic heterocycles. The van der Waals surface area contributed by atoms with Gasteiger partial charge in [-0.1, -0.05) is 0 Å². The molecule has 9 nitrogen and oxygen atoms in total. The summed E-state index contributed by atoms with van der Waals surface area (Å²) in [7, 11) is 0. The van der Waals surface area contributed by atoms with Crippen LogP contribution < -0.4 is 5.32 Å². The van der Waals surface area contributed by atoms with Crippen molar-refractivity contribution in [2.45, 2.75) is 25.6 Å². The first-order valence-electron chi connectivity index (χ1n) is 5.87. The molecule has 2 amide bonds. The van der Waals surface area contributed by atoms with Crippen molar-refractivity contribution in [2.75, 3.05) is 13.2 Å². The van der Waals surface area contributed by atoms with Gasteiger partial charge in [0.1, 0.15) is 12.4 Å². The van der Waals surface area contributed by atoms with E-state index in [0.717, 1.165) is 0 Å². The number of nitrogens with one attached hydrogen (secondary N) is 1. The molecule has 19 heavy (non-hydrogen) atoms. The van der Waals surface area contributed by atoms with Crippen LogP contribution in [0.3, 0.4) is 0 Å². The molecule has 0 fully saturated rings. The van der Waals surface area contributed by atoms with E-state index in [1.165, 1.54) is 4.90 Å². The lowest BCUT2D eigenvalue weighted by Crippen LogP contribution is -2.50. The molecular weight excluding hydrogens is 254 g/mol. The Morgan fingerprint density at radius 3 is 2.95 bits per heavy atom. The molecule has 1 atom stereocenters. The standard InChI is InChI=1S/C10H15N5O4/c16-4-1-7(9(17)18)12-10(19)14-2-3-15-6-11-13-8(15)5-14/h6-7,16H,1-5H2,(H,12,19)(H,17,18)/t7-/m1/s1. The van der Waals surface area contributed by atoms with Crippen LogP contribution in [0.1, 0.15) is 12.2 Å². The van der Waals surface area contributed by atoms with Crippen molar-refractivity contribution in [2.24, 2.45) is 0 Å². The summed E-state index contributed by atoms with van der Waals surface area (Å²) in [6, 6.07) is -1.56. The number of rotatable bonds is 4. The first kappa shape index (κ1) is 13.3. The van der Waals surface area contributed by atoms with Crippen molar-refractivity contribution < 1.29 is 19.8 Å². The van der Waals surface area contributed by atoms with Gasteiger partial charge in [0.15, 0.2) is 5.82 Å². The van der Waals surface area contributed by atoms with Crippen molar-refractivity contribution in [3.63, 3.8) is 0 Å². The predicted molar refractivity (Wildman–Crippen MR) is 62.1 cm³/mol. The van der Waals surface area contributed by atoms with Crippen LogP contribution in [0.4, 0.5) is 4.79 Å². The molecule has 1 aliphatic rings. The van der Waals surface area contributed by atoms with E-state index in [1.54, 1.807) is 6.33 Å². The van der Waals surface area contributed by atoms with E-state index in [1.807, 2.05) is 4.57 Å². The van der Waals surface area contributed by atoms with Crippen molar-refractivity contribution in [1.29, 1.82) is 0 Å². The van der Waals surface area contributed by atoms with Gasteiger partial charge >= 0.3 is 12.0 Å². The van der Waals surface area contributed by atoms with Crippen LogP contribution >= 0.6 is 0 Å². The minimum atomic E-state index is -1.16. The lowest BCUT2D eigenvalue weighted by Gasteiger charge is -2.28. The van der Waals surface area contributed by atoms with E-state index >= 15 is 0 Å². The van der Waals surface area contributed by atoms with Crippen LogP contribution in [0.5, 0.6) is 0 Å². The number of aliphatic carboxylic acids is 1. The Kier molecular flexibility index (Phi) is 3.95. The number of carbonyl (C=O) groups is 2. The topological polar surface area (TPSA) is 121 Å². The molecule has 9 heteroatoms. The van der Waals surface area contributed by atoms with Crippen LogP contribution in [-0.2, 0) is 17.9 Å². The first-order valence-corrected chi connectivity index (χ1v) is 5.87. The Morgan fingerprint density at radius 2 is 2.26 bits per heavy atom. The van der Waals surface area contributed by atoms with Crippen LogP contribution in [-0.4, -0.2) is 61.1 Å². The molecule has 0 saturated heterocycles. The van der Waals surface area contributed by atoms with Gasteiger partial charge in [0.05, 0.1) is 6.54 Å². The van der Waals surface area contributed by atoms with E-state index in [2.05, 4.69) is 15.5 Å². The highest BCUT2D eigenvalue weighted by molar-refractivity contribution is 5.82. The smallest absolute Gasteiger partial charge is 0.326 e. The van der Waals surface area contributed by atoms with Gasteiger partial charge in [-0.05, 0) is 0 Å². The molecular formula is C10H15N5O4. The third kappa shape index (κ3) is 2.99. The Hall–Kier alpha value is -2.16. The second kappa shape index (κ2) is 5.65. The first-order chi connectivity index (χ1) is 9.11. The molecule has 0 saturated carbocycles. The fraction of sp³-hybridized carbons (Fsp3) is 0.600. The summed E-state index contributed by atoms with van der Waals surface area (Å²) in [4.78, 5) is 24.3. The van der Waals surface area contributed by atoms with E-state index in [4.69, 9.17) is 10.2 Å². The largest absolute Gasteiger partial charge is 0.480 e. The van der Waals surface area contributed by atoms with Crippen molar-refractivity contribution >= 4 is 12.0 Å². The summed E-state index contributed by atoms with van der Waals surface area (Å²) >= 11 is 0. The summed E-state index contributed by atoms with van der Waals surface area (Å²) in [6.45, 7) is 1.03. The Morgan fingerprint density at radius 1 is 1.47 bits per heavy atom. The fourth-order valence-corrected chi connectivity index (χ4v) is 1.87. The number of urea groups is 1. The molecule has 1 aliphatic heterocycles. The molecule has 0 radical (unpaired) electrons. The number of hydrogen-bond acceptors (Lipinski definition) is 5. The van der Waals surface area contributed by atoms with E-state index in [0.29, 0.717) is 18.9 Å². The molecule has 0 aromatic carbocycles. The highest BCUT2D eigenvalue weighted by atomic mass is 16.4. The summed E-state index contributed by atoms with van der Waals surface area (Å²) in [5.41, 5.74) is 0. The predicted octanol–water partition coefficient (Wildman–Crippen LogP) is -1.36. The van der Waals surface area contributed by atoms with Crippen LogP contribution in [0, 0.1) is 0 Å². The number of aliphatic hydroxyl groups is 1. The second-order valence-electron chi connectivity index (χ2n) is 4.21. The van der Waals surface area contributed by atoms with Crippen molar-refractivity contribution in [3.05, 3.63) is 12.2 Å². The number of carboxylic acids is 1. The lowest BCUT2D eigenvalue weighted by molar-refractivity contribution is -0.139. The fourth-order valence-electron chi connectivity index (χ4n) is 1.87. The monoisotopic (exact) mass is 269 g/mol. The van der Waals surface area contributed by atoms with Gasteiger partial charge in [-0.25, -0.2) is 9.59 Å². The quantitative estimate of drug-likeness (QED) is 0.620. The summed E-state index contributed by atoms with van der Waals surface area (Å²) in [5, 5.41) is 27.7. The Bertz CT molecular complexity index is 474. The maximum Gasteiger partial charge on any atom is 0.326 e. The van der Waals surface area contributed by atoms with Gasteiger partial charge < -0.3 is 25.0 Å². The number of amides is 2. The number of aromatic nitrogens is 3. The zero-order valence-electron chi connectivity index (χ0n) is 10.2. The van der Waals surface area contributed by atoms with Crippen molar-refractivity contribution in [3.8, 4) is 0 Å². The molecule has 3 N–H and O–H groups in total. The van der Waals surface area contributed by atoms with Crippen molar-refractivity contribution in [1.82, 2.24) is 25.0 Å². The van der Waals surface area contributed by atoms with Crippen LogP contribution in [0.25, 0.3) is 0 Å². The zero-order chi connectivity index (χ0) is 13.8. The molecule has 104 valence electrons. The SMILES string of the molecule is O=C(O)[C@@H](CCO)NC(=O)N1CCn2cnnc2C1. The number of fused-ring (bicyclic) bond motifs is 1. The van der Waals surface area contributed by atoms with E-state index in [9.17, 15) is 9.59 Å². The summed E-state index contributed by atoms with van der Waals surface area (Å²) < 4.78 is 1.84.